The number of carbonyl (C=O) groups is 2. The summed E-state index contributed by atoms with van der Waals surface area (Å²) < 4.78 is 24.3. The zero-order valence-corrected chi connectivity index (χ0v) is 20.6. The Morgan fingerprint density at radius 2 is 1.76 bits per heavy atom. The molecule has 1 aliphatic heterocycles. The summed E-state index contributed by atoms with van der Waals surface area (Å²) in [5.74, 6) is 0.509. The lowest BCUT2D eigenvalue weighted by Crippen LogP contribution is -2.35. The van der Waals surface area contributed by atoms with E-state index >= 15 is 0 Å². The molecule has 4 aromatic rings. The molecular weight excluding hydrogens is 473 g/mol. The molecule has 188 valence electrons. The average molecular weight is 500 g/mol. The number of nitrogens with one attached hydrogen (secondary N) is 1. The van der Waals surface area contributed by atoms with Gasteiger partial charge in [-0.1, -0.05) is 11.2 Å². The van der Waals surface area contributed by atoms with Gasteiger partial charge < -0.3 is 19.5 Å². The topological polar surface area (TPSA) is 84.7 Å². The largest absolute Gasteiger partial charge is 0.489 e. The van der Waals surface area contributed by atoms with Crippen LogP contribution < -0.4 is 15.0 Å². The Hall–Kier alpha value is -4.46. The molecule has 8 heteroatoms. The van der Waals surface area contributed by atoms with Crippen molar-refractivity contribution in [3.63, 3.8) is 0 Å². The van der Waals surface area contributed by atoms with Gasteiger partial charge in [-0.3, -0.25) is 9.59 Å². The highest BCUT2D eigenvalue weighted by molar-refractivity contribution is 6.08. The van der Waals surface area contributed by atoms with Gasteiger partial charge in [0.15, 0.2) is 0 Å². The molecule has 0 atom stereocenters. The highest BCUT2D eigenvalue weighted by Gasteiger charge is 2.26. The minimum absolute atomic E-state index is 0.125. The molecule has 0 saturated heterocycles. The second-order valence-electron chi connectivity index (χ2n) is 8.94. The maximum atomic E-state index is 13.4. The van der Waals surface area contributed by atoms with E-state index in [0.717, 1.165) is 41.1 Å². The number of carbonyl (C=O) groups excluding carboxylic acids is 2. The van der Waals surface area contributed by atoms with E-state index in [0.29, 0.717) is 35.7 Å². The van der Waals surface area contributed by atoms with Crippen LogP contribution in [0.1, 0.15) is 49.7 Å². The third-order valence-electron chi connectivity index (χ3n) is 6.52. The van der Waals surface area contributed by atoms with Gasteiger partial charge in [0.1, 0.15) is 23.9 Å². The summed E-state index contributed by atoms with van der Waals surface area (Å²) in [5.41, 5.74) is 4.92. The Labute approximate surface area is 213 Å². The van der Waals surface area contributed by atoms with Crippen LogP contribution in [-0.2, 0) is 13.0 Å². The van der Waals surface area contributed by atoms with Crippen molar-refractivity contribution < 1.29 is 23.2 Å². The van der Waals surface area contributed by atoms with E-state index in [-0.39, 0.29) is 11.8 Å². The standard InChI is InChI=1S/C29H26FN3O4/c1-18-25(19(2)37-32-18)17-36-23-14-10-21(11-15-23)29(35)33-16-4-5-24-26(6-3-7-27(24)33)31-28(34)20-8-12-22(30)13-9-20/h3,6-15H,4-5,16-17H2,1-2H3,(H,31,34). The van der Waals surface area contributed by atoms with E-state index in [1.165, 1.54) is 24.3 Å². The molecule has 0 radical (unpaired) electrons. The molecular formula is C29H26FN3O4. The Bertz CT molecular complexity index is 1430. The van der Waals surface area contributed by atoms with Crippen molar-refractivity contribution in [3.8, 4) is 5.75 Å². The molecule has 1 aliphatic rings. The first-order chi connectivity index (χ1) is 17.9. The van der Waals surface area contributed by atoms with E-state index in [1.54, 1.807) is 29.2 Å². The Balaban J connectivity index is 1.31. The Morgan fingerprint density at radius 1 is 1.03 bits per heavy atom. The molecule has 2 amide bonds. The predicted octanol–water partition coefficient (Wildman–Crippen LogP) is 5.85. The number of aryl methyl sites for hydroxylation is 2. The number of amides is 2. The maximum Gasteiger partial charge on any atom is 0.258 e. The number of nitrogens with zero attached hydrogens (tertiary/aromatic N) is 2. The van der Waals surface area contributed by atoms with Crippen molar-refractivity contribution in [2.24, 2.45) is 0 Å². The van der Waals surface area contributed by atoms with E-state index in [4.69, 9.17) is 9.26 Å². The summed E-state index contributed by atoms with van der Waals surface area (Å²) in [5, 5.41) is 6.85. The average Bonchev–Trinajstić information content (AvgIpc) is 3.24. The third-order valence-corrected chi connectivity index (χ3v) is 6.52. The first kappa shape index (κ1) is 24.2. The summed E-state index contributed by atoms with van der Waals surface area (Å²) >= 11 is 0. The van der Waals surface area contributed by atoms with Gasteiger partial charge in [0.25, 0.3) is 11.8 Å². The number of anilines is 2. The van der Waals surface area contributed by atoms with Crippen LogP contribution in [0.15, 0.2) is 71.3 Å². The number of rotatable bonds is 6. The highest BCUT2D eigenvalue weighted by atomic mass is 19.1. The molecule has 0 aliphatic carbocycles. The number of hydrogen-bond acceptors (Lipinski definition) is 5. The monoisotopic (exact) mass is 499 g/mol. The molecule has 3 aromatic carbocycles. The smallest absolute Gasteiger partial charge is 0.258 e. The molecule has 0 unspecified atom stereocenters. The van der Waals surface area contributed by atoms with Crippen LogP contribution in [0.25, 0.3) is 0 Å². The normalized spacial score (nSPS) is 12.7. The van der Waals surface area contributed by atoms with Crippen LogP contribution in [0, 0.1) is 19.7 Å². The van der Waals surface area contributed by atoms with E-state index in [9.17, 15) is 14.0 Å². The maximum absolute atomic E-state index is 13.4. The lowest BCUT2D eigenvalue weighted by Gasteiger charge is -2.31. The van der Waals surface area contributed by atoms with Crippen molar-refractivity contribution in [2.45, 2.75) is 33.3 Å². The minimum Gasteiger partial charge on any atom is -0.489 e. The van der Waals surface area contributed by atoms with Crippen molar-refractivity contribution in [2.75, 3.05) is 16.8 Å². The zero-order chi connectivity index (χ0) is 25.9. The lowest BCUT2D eigenvalue weighted by atomic mass is 9.98. The van der Waals surface area contributed by atoms with Crippen LogP contribution in [0.4, 0.5) is 15.8 Å². The zero-order valence-electron chi connectivity index (χ0n) is 20.6. The predicted molar refractivity (Wildman–Crippen MR) is 138 cm³/mol. The highest BCUT2D eigenvalue weighted by Crippen LogP contribution is 2.34. The fourth-order valence-corrected chi connectivity index (χ4v) is 4.46. The summed E-state index contributed by atoms with van der Waals surface area (Å²) in [6.07, 6.45) is 1.49. The van der Waals surface area contributed by atoms with Crippen LogP contribution in [0.2, 0.25) is 0 Å². The number of halogens is 1. The molecule has 37 heavy (non-hydrogen) atoms. The van der Waals surface area contributed by atoms with Gasteiger partial charge in [0, 0.05) is 29.0 Å². The van der Waals surface area contributed by atoms with Gasteiger partial charge in [-0.25, -0.2) is 4.39 Å². The summed E-state index contributed by atoms with van der Waals surface area (Å²) in [6, 6.07) is 18.0. The minimum atomic E-state index is -0.400. The van der Waals surface area contributed by atoms with Crippen LogP contribution in [0.3, 0.4) is 0 Å². The number of aromatic nitrogens is 1. The molecule has 0 fully saturated rings. The van der Waals surface area contributed by atoms with Gasteiger partial charge in [0.2, 0.25) is 0 Å². The van der Waals surface area contributed by atoms with Gasteiger partial charge in [-0.15, -0.1) is 0 Å². The fraction of sp³-hybridized carbons (Fsp3) is 0.207. The summed E-state index contributed by atoms with van der Waals surface area (Å²) in [4.78, 5) is 27.9. The fourth-order valence-electron chi connectivity index (χ4n) is 4.46. The second-order valence-corrected chi connectivity index (χ2v) is 8.94. The van der Waals surface area contributed by atoms with Gasteiger partial charge >= 0.3 is 0 Å². The van der Waals surface area contributed by atoms with Crippen LogP contribution >= 0.6 is 0 Å². The molecule has 0 bridgehead atoms. The van der Waals surface area contributed by atoms with Crippen molar-refractivity contribution in [1.29, 1.82) is 0 Å². The first-order valence-corrected chi connectivity index (χ1v) is 12.1. The molecule has 7 nitrogen and oxygen atoms in total. The molecule has 0 spiro atoms. The van der Waals surface area contributed by atoms with Gasteiger partial charge in [-0.2, -0.15) is 0 Å². The summed E-state index contributed by atoms with van der Waals surface area (Å²) in [6.45, 7) is 4.62. The quantitative estimate of drug-likeness (QED) is 0.360. The van der Waals surface area contributed by atoms with Crippen molar-refractivity contribution >= 4 is 23.2 Å². The molecule has 0 saturated carbocycles. The van der Waals surface area contributed by atoms with Gasteiger partial charge in [-0.05, 0) is 92.9 Å². The second kappa shape index (κ2) is 10.3. The van der Waals surface area contributed by atoms with Crippen molar-refractivity contribution in [1.82, 2.24) is 5.16 Å². The molecule has 1 N–H and O–H groups in total. The summed E-state index contributed by atoms with van der Waals surface area (Å²) in [7, 11) is 0. The Kier molecular flexibility index (Phi) is 6.72. The van der Waals surface area contributed by atoms with Crippen LogP contribution in [0.5, 0.6) is 5.75 Å². The van der Waals surface area contributed by atoms with Crippen LogP contribution in [-0.4, -0.2) is 23.5 Å². The number of ether oxygens (including phenoxy) is 1. The van der Waals surface area contributed by atoms with Gasteiger partial charge in [0.05, 0.1) is 11.3 Å². The number of hydrogen-bond donors (Lipinski definition) is 1. The number of fused-ring (bicyclic) bond motifs is 1. The molecule has 2 heterocycles. The number of benzene rings is 3. The first-order valence-electron chi connectivity index (χ1n) is 12.1. The lowest BCUT2D eigenvalue weighted by molar-refractivity contribution is 0.0984. The van der Waals surface area contributed by atoms with Crippen molar-refractivity contribution in [3.05, 3.63) is 106 Å². The van der Waals surface area contributed by atoms with E-state index in [1.807, 2.05) is 32.0 Å². The van der Waals surface area contributed by atoms with E-state index < -0.39 is 5.82 Å². The van der Waals surface area contributed by atoms with E-state index in [2.05, 4.69) is 10.5 Å². The SMILES string of the molecule is Cc1noc(C)c1COc1ccc(C(=O)N2CCCc3c(NC(=O)c4ccc(F)cc4)cccc32)cc1. The Morgan fingerprint density at radius 3 is 2.46 bits per heavy atom. The molecule has 1 aromatic heterocycles. The third kappa shape index (κ3) is 5.09. The molecule has 5 rings (SSSR count).